The zero-order valence-electron chi connectivity index (χ0n) is 12.2. The molecule has 1 aliphatic carbocycles. The van der Waals surface area contributed by atoms with Gasteiger partial charge in [-0.25, -0.2) is 0 Å². The summed E-state index contributed by atoms with van der Waals surface area (Å²) in [6.45, 7) is 16.3. The zero-order chi connectivity index (χ0) is 13.0. The highest BCUT2D eigenvalue weighted by Gasteiger charge is 2.08. The van der Waals surface area contributed by atoms with E-state index in [0.717, 1.165) is 0 Å². The Morgan fingerprint density at radius 1 is 1.06 bits per heavy atom. The molecule has 0 aliphatic heterocycles. The number of hydrogen-bond donors (Lipinski definition) is 0. The fourth-order valence-corrected chi connectivity index (χ4v) is 1.52. The molecule has 0 heteroatoms. The Kier molecular flexibility index (Phi) is 13.5. The minimum atomic E-state index is 1.20. The Bertz CT molecular complexity index is 228. The highest BCUT2D eigenvalue weighted by molar-refractivity contribution is 5.35. The molecule has 0 nitrogen and oxygen atoms in total. The first-order valence-electron chi connectivity index (χ1n) is 6.75. The van der Waals surface area contributed by atoms with E-state index in [2.05, 4.69) is 32.6 Å². The first-order valence-corrected chi connectivity index (χ1v) is 6.75. The lowest BCUT2D eigenvalue weighted by atomic mass is 9.89. The van der Waals surface area contributed by atoms with Crippen LogP contribution in [0.3, 0.4) is 0 Å². The normalized spacial score (nSPS) is 18.2. The summed E-state index contributed by atoms with van der Waals surface area (Å²) in [4.78, 5) is 0. The lowest BCUT2D eigenvalue weighted by Crippen LogP contribution is -1.97. The van der Waals surface area contributed by atoms with Crippen molar-refractivity contribution in [2.45, 2.75) is 67.2 Å². The van der Waals surface area contributed by atoms with E-state index in [1.807, 2.05) is 27.7 Å². The van der Waals surface area contributed by atoms with Crippen LogP contribution in [0.1, 0.15) is 67.2 Å². The summed E-state index contributed by atoms with van der Waals surface area (Å²) in [5, 5.41) is 0. The molecule has 0 aromatic heterocycles. The van der Waals surface area contributed by atoms with Crippen LogP contribution in [0.15, 0.2) is 35.5 Å². The summed E-state index contributed by atoms with van der Waals surface area (Å²) < 4.78 is 0. The Morgan fingerprint density at radius 2 is 1.56 bits per heavy atom. The van der Waals surface area contributed by atoms with Crippen LogP contribution in [0, 0.1) is 0 Å². The molecule has 0 amide bonds. The number of allylic oxidation sites excluding steroid dienone is 5. The van der Waals surface area contributed by atoms with Crippen LogP contribution in [0.5, 0.6) is 0 Å². The Hall–Kier alpha value is -0.780. The van der Waals surface area contributed by atoms with Crippen molar-refractivity contribution in [2.75, 3.05) is 0 Å². The molecule has 0 spiro atoms. The third-order valence-corrected chi connectivity index (χ3v) is 2.49. The van der Waals surface area contributed by atoms with Crippen molar-refractivity contribution in [1.82, 2.24) is 0 Å². The summed E-state index contributed by atoms with van der Waals surface area (Å²) in [6.07, 6.45) is 9.51. The average molecular weight is 222 g/mol. The lowest BCUT2D eigenvalue weighted by molar-refractivity contribution is 0.680. The Labute approximate surface area is 103 Å². The predicted octanol–water partition coefficient (Wildman–Crippen LogP) is 6.06. The van der Waals surface area contributed by atoms with Crippen LogP contribution >= 0.6 is 0 Å². The summed E-state index contributed by atoms with van der Waals surface area (Å²) in [5.74, 6) is 0. The third-order valence-electron chi connectivity index (χ3n) is 2.49. The highest BCUT2D eigenvalue weighted by atomic mass is 14.1. The topological polar surface area (TPSA) is 0 Å². The molecule has 0 radical (unpaired) electrons. The van der Waals surface area contributed by atoms with E-state index in [-0.39, 0.29) is 0 Å². The van der Waals surface area contributed by atoms with Gasteiger partial charge in [0.15, 0.2) is 0 Å². The molecule has 1 rings (SSSR count). The summed E-state index contributed by atoms with van der Waals surface area (Å²) in [6, 6.07) is 0. The van der Waals surface area contributed by atoms with Gasteiger partial charge < -0.3 is 0 Å². The molecule has 0 heterocycles. The van der Waals surface area contributed by atoms with Gasteiger partial charge in [0, 0.05) is 0 Å². The maximum absolute atomic E-state index is 4.09. The van der Waals surface area contributed by atoms with Crippen molar-refractivity contribution >= 4 is 0 Å². The molecular formula is C16H30. The molecule has 94 valence electrons. The van der Waals surface area contributed by atoms with Gasteiger partial charge in [-0.05, 0) is 45.1 Å². The van der Waals surface area contributed by atoms with Crippen molar-refractivity contribution in [1.29, 1.82) is 0 Å². The first kappa shape index (κ1) is 17.6. The summed E-state index contributed by atoms with van der Waals surface area (Å²) in [5.41, 5.74) is 4.17. The van der Waals surface area contributed by atoms with Crippen LogP contribution < -0.4 is 0 Å². The Balaban J connectivity index is 0. The van der Waals surface area contributed by atoms with E-state index in [0.29, 0.717) is 0 Å². The van der Waals surface area contributed by atoms with Crippen molar-refractivity contribution < 1.29 is 0 Å². The maximum atomic E-state index is 4.09. The first-order chi connectivity index (χ1) is 7.74. The molecule has 1 aliphatic rings. The monoisotopic (exact) mass is 222 g/mol. The molecule has 1 saturated carbocycles. The van der Waals surface area contributed by atoms with E-state index in [1.165, 1.54) is 42.4 Å². The van der Waals surface area contributed by atoms with Crippen molar-refractivity contribution in [3.8, 4) is 0 Å². The molecule has 0 aromatic carbocycles. The number of hydrogen-bond acceptors (Lipinski definition) is 0. The SMILES string of the molecule is C=C1CCCC/C1=C/C(C)=C\C.CC.CC. The average Bonchev–Trinajstić information content (AvgIpc) is 2.37. The van der Waals surface area contributed by atoms with Gasteiger partial charge in [-0.3, -0.25) is 0 Å². The van der Waals surface area contributed by atoms with Gasteiger partial charge in [-0.1, -0.05) is 57.6 Å². The molecule has 16 heavy (non-hydrogen) atoms. The zero-order valence-corrected chi connectivity index (χ0v) is 12.2. The van der Waals surface area contributed by atoms with Gasteiger partial charge in [0.2, 0.25) is 0 Å². The predicted molar refractivity (Wildman–Crippen MR) is 77.8 cm³/mol. The van der Waals surface area contributed by atoms with Crippen LogP contribution in [0.2, 0.25) is 0 Å². The minimum absolute atomic E-state index is 1.20. The third kappa shape index (κ3) is 7.50. The van der Waals surface area contributed by atoms with E-state index >= 15 is 0 Å². The standard InChI is InChI=1S/C12H18.2C2H6/c1-4-10(2)9-12-8-6-5-7-11(12)3;2*1-2/h4,9H,3,5-8H2,1-2H3;2*1-2H3/b10-4-,12-9-;;. The molecule has 0 unspecified atom stereocenters. The largest absolute Gasteiger partial charge is 0.0956 e. The molecule has 0 atom stereocenters. The van der Waals surface area contributed by atoms with Crippen LogP contribution in [-0.4, -0.2) is 0 Å². The molecule has 0 bridgehead atoms. The van der Waals surface area contributed by atoms with Crippen molar-refractivity contribution in [3.63, 3.8) is 0 Å². The Morgan fingerprint density at radius 3 is 2.00 bits per heavy atom. The van der Waals surface area contributed by atoms with E-state index in [4.69, 9.17) is 0 Å². The van der Waals surface area contributed by atoms with E-state index < -0.39 is 0 Å². The van der Waals surface area contributed by atoms with E-state index in [1.54, 1.807) is 0 Å². The molecule has 0 aromatic rings. The van der Waals surface area contributed by atoms with Crippen LogP contribution in [-0.2, 0) is 0 Å². The fourth-order valence-electron chi connectivity index (χ4n) is 1.52. The summed E-state index contributed by atoms with van der Waals surface area (Å²) in [7, 11) is 0. The quantitative estimate of drug-likeness (QED) is 0.505. The molecular weight excluding hydrogens is 192 g/mol. The van der Waals surface area contributed by atoms with Crippen LogP contribution in [0.4, 0.5) is 0 Å². The summed E-state index contributed by atoms with van der Waals surface area (Å²) >= 11 is 0. The second-order valence-electron chi connectivity index (χ2n) is 3.51. The van der Waals surface area contributed by atoms with Gasteiger partial charge in [0.25, 0.3) is 0 Å². The molecule has 0 saturated heterocycles. The van der Waals surface area contributed by atoms with Crippen molar-refractivity contribution in [3.05, 3.63) is 35.5 Å². The smallest absolute Gasteiger partial charge is 0.0276 e. The second kappa shape index (κ2) is 12.3. The van der Waals surface area contributed by atoms with Gasteiger partial charge in [0.05, 0.1) is 0 Å². The molecule has 1 fully saturated rings. The van der Waals surface area contributed by atoms with Gasteiger partial charge >= 0.3 is 0 Å². The molecule has 0 N–H and O–H groups in total. The van der Waals surface area contributed by atoms with Gasteiger partial charge in [0.1, 0.15) is 0 Å². The number of rotatable bonds is 1. The maximum Gasteiger partial charge on any atom is -0.0276 e. The second-order valence-corrected chi connectivity index (χ2v) is 3.51. The fraction of sp³-hybridized carbons (Fsp3) is 0.625. The van der Waals surface area contributed by atoms with E-state index in [9.17, 15) is 0 Å². The highest BCUT2D eigenvalue weighted by Crippen LogP contribution is 2.27. The lowest BCUT2D eigenvalue weighted by Gasteiger charge is -2.16. The van der Waals surface area contributed by atoms with Crippen LogP contribution in [0.25, 0.3) is 0 Å². The van der Waals surface area contributed by atoms with Gasteiger partial charge in [-0.2, -0.15) is 0 Å². The van der Waals surface area contributed by atoms with Gasteiger partial charge in [-0.15, -0.1) is 0 Å². The minimum Gasteiger partial charge on any atom is -0.0956 e. The van der Waals surface area contributed by atoms with Crippen molar-refractivity contribution in [2.24, 2.45) is 0 Å².